The summed E-state index contributed by atoms with van der Waals surface area (Å²) in [5.74, 6) is -0.407. The molecule has 1 rings (SSSR count). The molecule has 1 N–H and O–H groups in total. The number of amides is 1. The molecule has 0 aliphatic carbocycles. The molecule has 1 aliphatic rings. The van der Waals surface area contributed by atoms with E-state index >= 15 is 0 Å². The van der Waals surface area contributed by atoms with E-state index in [1.165, 1.54) is 0 Å². The predicted molar refractivity (Wildman–Crippen MR) is 19.6 cm³/mol. The van der Waals surface area contributed by atoms with Gasteiger partial charge in [0.1, 0.15) is 5.34 Å². The molecule has 0 spiro atoms. The maximum absolute atomic E-state index is 9.98. The van der Waals surface area contributed by atoms with Crippen molar-refractivity contribution < 1.29 is 9.63 Å². The maximum atomic E-state index is 9.98. The Bertz CT molecular complexity index is 92.9. The van der Waals surface area contributed by atoms with E-state index in [4.69, 9.17) is 0 Å². The van der Waals surface area contributed by atoms with Crippen LogP contribution in [0.2, 0.25) is 0 Å². The predicted octanol–water partition coefficient (Wildman–Crippen LogP) is -1.40. The van der Waals surface area contributed by atoms with E-state index < -0.39 is 5.91 Å². The molecule has 5 heteroatoms. The molecular weight excluding hydrogens is 100 g/mol. The lowest BCUT2D eigenvalue weighted by atomic mass is 10.7. The molecule has 0 aromatic rings. The van der Waals surface area contributed by atoms with Crippen LogP contribution >= 0.6 is 0 Å². The van der Waals surface area contributed by atoms with Gasteiger partial charge in [-0.2, -0.15) is 0 Å². The molecule has 5 nitrogen and oxygen atoms in total. The van der Waals surface area contributed by atoms with Crippen LogP contribution in [-0.4, -0.2) is 12.5 Å². The van der Waals surface area contributed by atoms with E-state index in [0.717, 1.165) is 0 Å². The van der Waals surface area contributed by atoms with E-state index in [2.05, 4.69) is 4.84 Å². The zero-order chi connectivity index (χ0) is 5.28. The zero-order valence-corrected chi connectivity index (χ0v) is 3.38. The van der Waals surface area contributed by atoms with Crippen LogP contribution in [0.15, 0.2) is 0 Å². The summed E-state index contributed by atoms with van der Waals surface area (Å²) in [4.78, 5) is 14.1. The Labute approximate surface area is 39.4 Å². The fourth-order valence-corrected chi connectivity index (χ4v) is 0.284. The first-order valence-electron chi connectivity index (χ1n) is 1.69. The summed E-state index contributed by atoms with van der Waals surface area (Å²) in [5.41, 5.74) is 1.83. The van der Waals surface area contributed by atoms with E-state index in [0.29, 0.717) is 0 Å². The first-order chi connectivity index (χ1) is 3.29. The standard InChI is InChI=1S/C2H3N2O3/c5-2-1-7-4(6)3-2/h1H2,(H,3,5). The number of nitrogens with zero attached hydrogens (tertiary/aromatic N) is 1. The second kappa shape index (κ2) is 1.45. The van der Waals surface area contributed by atoms with Crippen LogP contribution in [0.1, 0.15) is 0 Å². The van der Waals surface area contributed by atoms with Gasteiger partial charge in [-0.25, -0.2) is 0 Å². The number of hydrazine groups is 1. The van der Waals surface area contributed by atoms with Crippen molar-refractivity contribution >= 4 is 5.91 Å². The molecule has 7 heavy (non-hydrogen) atoms. The number of rotatable bonds is 0. The smallest absolute Gasteiger partial charge is 0.306 e. The molecule has 0 saturated carbocycles. The molecule has 0 aromatic carbocycles. The Kier molecular flexibility index (Phi) is 0.935. The zero-order valence-electron chi connectivity index (χ0n) is 3.38. The maximum Gasteiger partial charge on any atom is 0.306 e. The van der Waals surface area contributed by atoms with Gasteiger partial charge in [-0.3, -0.25) is 4.79 Å². The van der Waals surface area contributed by atoms with Crippen LogP contribution < -0.4 is 10.8 Å². The molecule has 1 saturated heterocycles. The van der Waals surface area contributed by atoms with Crippen LogP contribution in [0.4, 0.5) is 0 Å². The Morgan fingerprint density at radius 3 is 2.86 bits per heavy atom. The monoisotopic (exact) mass is 103 g/mol. The van der Waals surface area contributed by atoms with Crippen molar-refractivity contribution in [2.75, 3.05) is 6.61 Å². The van der Waals surface area contributed by atoms with Crippen LogP contribution in [0, 0.1) is 5.21 Å². The topological polar surface area (TPSA) is 67.3 Å². The first-order valence-corrected chi connectivity index (χ1v) is 1.69. The molecular formula is C2H3N2O3. The van der Waals surface area contributed by atoms with Gasteiger partial charge in [0.25, 0.3) is 0 Å². The molecule has 0 atom stereocenters. The van der Waals surface area contributed by atoms with Gasteiger partial charge in [0.15, 0.2) is 0 Å². The molecule has 1 heterocycles. The van der Waals surface area contributed by atoms with Crippen molar-refractivity contribution in [3.63, 3.8) is 0 Å². The van der Waals surface area contributed by atoms with Crippen molar-refractivity contribution in [3.8, 4) is 0 Å². The molecule has 1 aliphatic heterocycles. The summed E-state index contributed by atoms with van der Waals surface area (Å²) in [7, 11) is 0. The van der Waals surface area contributed by atoms with E-state index in [9.17, 15) is 10.0 Å². The summed E-state index contributed by atoms with van der Waals surface area (Å²) in [6, 6.07) is 0. The fourth-order valence-electron chi connectivity index (χ4n) is 0.284. The summed E-state index contributed by atoms with van der Waals surface area (Å²) in [5, 5.41) is 9.85. The van der Waals surface area contributed by atoms with Crippen molar-refractivity contribution in [1.82, 2.24) is 10.8 Å². The molecule has 1 radical (unpaired) electrons. The largest absolute Gasteiger partial charge is 0.514 e. The SMILES string of the molecule is O=C1CO[N+]([O-])N1. The average molecular weight is 103 g/mol. The lowest BCUT2D eigenvalue weighted by molar-refractivity contribution is -0.119. The van der Waals surface area contributed by atoms with Crippen molar-refractivity contribution in [1.29, 1.82) is 0 Å². The Hall–Kier alpha value is -0.650. The molecule has 0 bridgehead atoms. The van der Waals surface area contributed by atoms with Gasteiger partial charge in [0.05, 0.1) is 0 Å². The van der Waals surface area contributed by atoms with Crippen LogP contribution in [0.5, 0.6) is 0 Å². The van der Waals surface area contributed by atoms with Gasteiger partial charge < -0.3 is 5.21 Å². The first kappa shape index (κ1) is 4.51. The number of hydrogen-bond acceptors (Lipinski definition) is 4. The highest BCUT2D eigenvalue weighted by molar-refractivity contribution is 5.77. The van der Waals surface area contributed by atoms with Gasteiger partial charge in [-0.05, 0) is 0 Å². The lowest BCUT2D eigenvalue weighted by Crippen LogP contribution is -2.31. The minimum absolute atomic E-state index is 0.0301. The highest BCUT2D eigenvalue weighted by atomic mass is 16.9. The number of nitrogens with one attached hydrogen (secondary N) is 1. The van der Waals surface area contributed by atoms with E-state index in [1.54, 1.807) is 0 Å². The summed E-state index contributed by atoms with van der Waals surface area (Å²) in [6.07, 6.45) is 0. The average Bonchev–Trinajstić information content (AvgIpc) is 1.87. The Balaban J connectivity index is 2.40. The minimum atomic E-state index is -0.407. The lowest BCUT2D eigenvalue weighted by Gasteiger charge is -1.94. The quantitative estimate of drug-likeness (QED) is 0.383. The third kappa shape index (κ3) is 0.861. The highest BCUT2D eigenvalue weighted by Gasteiger charge is 2.22. The number of carbonyl (C=O) groups excluding carboxylic acids is 1. The third-order valence-corrected chi connectivity index (χ3v) is 0.529. The summed E-state index contributed by atoms with van der Waals surface area (Å²) >= 11 is 0. The van der Waals surface area contributed by atoms with Gasteiger partial charge in [0, 0.05) is 0 Å². The molecule has 39 valence electrons. The van der Waals surface area contributed by atoms with Gasteiger partial charge in [-0.15, -0.1) is 10.3 Å². The Morgan fingerprint density at radius 1 is 2.00 bits per heavy atom. The van der Waals surface area contributed by atoms with Crippen molar-refractivity contribution in [2.24, 2.45) is 0 Å². The van der Waals surface area contributed by atoms with Gasteiger partial charge >= 0.3 is 5.91 Å². The second-order valence-electron chi connectivity index (χ2n) is 1.07. The molecule has 0 aromatic heterocycles. The number of hydrogen-bond donors (Lipinski definition) is 1. The van der Waals surface area contributed by atoms with Crippen molar-refractivity contribution in [3.05, 3.63) is 5.21 Å². The number of carbonyl (C=O) groups is 1. The third-order valence-electron chi connectivity index (χ3n) is 0.529. The molecule has 0 unspecified atom stereocenters. The second-order valence-corrected chi connectivity index (χ2v) is 1.07. The van der Waals surface area contributed by atoms with Crippen LogP contribution in [0.25, 0.3) is 0 Å². The minimum Gasteiger partial charge on any atom is -0.514 e. The summed E-state index contributed by atoms with van der Waals surface area (Å²) < 4.78 is 0. The Morgan fingerprint density at radius 2 is 2.71 bits per heavy atom. The van der Waals surface area contributed by atoms with Crippen LogP contribution in [-0.2, 0) is 9.63 Å². The molecule has 1 fully saturated rings. The fraction of sp³-hybridized carbons (Fsp3) is 0.500. The van der Waals surface area contributed by atoms with Crippen molar-refractivity contribution in [2.45, 2.75) is 0 Å². The summed E-state index contributed by atoms with van der Waals surface area (Å²) in [6.45, 7) is -0.163. The van der Waals surface area contributed by atoms with E-state index in [-0.39, 0.29) is 11.9 Å². The highest BCUT2D eigenvalue weighted by Crippen LogP contribution is 1.84. The normalized spacial score (nSPS) is 22.7. The van der Waals surface area contributed by atoms with Gasteiger partial charge in [-0.1, -0.05) is 0 Å². The van der Waals surface area contributed by atoms with Gasteiger partial charge in [0.2, 0.25) is 6.61 Å². The van der Waals surface area contributed by atoms with E-state index in [1.807, 2.05) is 5.43 Å². The van der Waals surface area contributed by atoms with Crippen LogP contribution in [0.3, 0.4) is 0 Å². The molecule has 1 amide bonds.